The van der Waals surface area contributed by atoms with Crippen LogP contribution in [0.3, 0.4) is 0 Å². The second-order valence-corrected chi connectivity index (χ2v) is 7.90. The minimum atomic E-state index is -3.40. The molecule has 27 heavy (non-hydrogen) atoms. The number of hydrogen-bond donors (Lipinski definition) is 2. The summed E-state index contributed by atoms with van der Waals surface area (Å²) >= 11 is 0. The smallest absolute Gasteiger partial charge is 0.255 e. The van der Waals surface area contributed by atoms with Gasteiger partial charge in [0.25, 0.3) is 5.91 Å². The quantitative estimate of drug-likeness (QED) is 0.677. The number of anilines is 2. The zero-order chi connectivity index (χ0) is 19.4. The van der Waals surface area contributed by atoms with Gasteiger partial charge in [-0.25, -0.2) is 18.1 Å². The third kappa shape index (κ3) is 5.14. The Kier molecular flexibility index (Phi) is 5.22. The molecular formula is C18H19N5O3S. The number of benzene rings is 2. The molecule has 0 spiro atoms. The molecule has 2 N–H and O–H groups in total. The Bertz CT molecular complexity index is 1050. The number of nitrogens with one attached hydrogen (secondary N) is 2. The highest BCUT2D eigenvalue weighted by atomic mass is 32.2. The van der Waals surface area contributed by atoms with Gasteiger partial charge in [0.15, 0.2) is 0 Å². The lowest BCUT2D eigenvalue weighted by molar-refractivity contribution is 0.102. The van der Waals surface area contributed by atoms with Crippen molar-refractivity contribution in [3.63, 3.8) is 0 Å². The number of carbonyl (C=O) groups is 1. The van der Waals surface area contributed by atoms with E-state index < -0.39 is 10.0 Å². The van der Waals surface area contributed by atoms with Gasteiger partial charge in [0, 0.05) is 11.3 Å². The van der Waals surface area contributed by atoms with Crippen LogP contribution in [0.1, 0.15) is 21.5 Å². The molecule has 0 aliphatic heterocycles. The number of carbonyl (C=O) groups excluding carboxylic acids is 1. The van der Waals surface area contributed by atoms with Gasteiger partial charge in [0.1, 0.15) is 12.7 Å². The fourth-order valence-electron chi connectivity index (χ4n) is 2.48. The Balaban J connectivity index is 1.70. The Morgan fingerprint density at radius 1 is 1.15 bits per heavy atom. The third-order valence-electron chi connectivity index (χ3n) is 3.82. The van der Waals surface area contributed by atoms with E-state index in [1.165, 1.54) is 6.33 Å². The van der Waals surface area contributed by atoms with Crippen molar-refractivity contribution in [3.05, 3.63) is 71.8 Å². The number of amides is 1. The van der Waals surface area contributed by atoms with Gasteiger partial charge in [-0.1, -0.05) is 18.2 Å². The first-order valence-corrected chi connectivity index (χ1v) is 10.0. The molecule has 0 radical (unpaired) electrons. The highest BCUT2D eigenvalue weighted by Crippen LogP contribution is 2.21. The van der Waals surface area contributed by atoms with Crippen molar-refractivity contribution < 1.29 is 13.2 Å². The van der Waals surface area contributed by atoms with Crippen LogP contribution in [0.15, 0.2) is 55.1 Å². The van der Waals surface area contributed by atoms with E-state index in [0.29, 0.717) is 23.5 Å². The molecular weight excluding hydrogens is 366 g/mol. The summed E-state index contributed by atoms with van der Waals surface area (Å²) in [6.07, 6.45) is 4.18. The van der Waals surface area contributed by atoms with Gasteiger partial charge in [0.05, 0.1) is 18.5 Å². The van der Waals surface area contributed by atoms with Crippen LogP contribution in [0.25, 0.3) is 0 Å². The predicted molar refractivity (Wildman–Crippen MR) is 103 cm³/mol. The second-order valence-electron chi connectivity index (χ2n) is 6.15. The van der Waals surface area contributed by atoms with Gasteiger partial charge in [-0.2, -0.15) is 5.10 Å². The zero-order valence-electron chi connectivity index (χ0n) is 14.9. The largest absolute Gasteiger partial charge is 0.322 e. The first-order chi connectivity index (χ1) is 12.8. The number of sulfonamides is 1. The van der Waals surface area contributed by atoms with Crippen LogP contribution < -0.4 is 10.0 Å². The summed E-state index contributed by atoms with van der Waals surface area (Å²) in [4.78, 5) is 16.3. The molecule has 1 heterocycles. The van der Waals surface area contributed by atoms with Gasteiger partial charge in [-0.15, -0.1) is 0 Å². The van der Waals surface area contributed by atoms with E-state index in [0.717, 1.165) is 17.4 Å². The SMILES string of the molecule is Cc1ccc(NC(=O)c2ccc(Cn3cncn3)cc2)cc1NS(C)(=O)=O. The van der Waals surface area contributed by atoms with E-state index >= 15 is 0 Å². The monoisotopic (exact) mass is 385 g/mol. The maximum absolute atomic E-state index is 12.4. The molecule has 1 aromatic heterocycles. The summed E-state index contributed by atoms with van der Waals surface area (Å²) in [5, 5.41) is 6.82. The highest BCUT2D eigenvalue weighted by molar-refractivity contribution is 7.92. The number of nitrogens with zero attached hydrogens (tertiary/aromatic N) is 3. The van der Waals surface area contributed by atoms with Crippen molar-refractivity contribution in [2.75, 3.05) is 16.3 Å². The molecule has 0 bridgehead atoms. The molecule has 3 rings (SSSR count). The minimum absolute atomic E-state index is 0.281. The van der Waals surface area contributed by atoms with E-state index in [1.807, 2.05) is 12.1 Å². The molecule has 0 aliphatic carbocycles. The third-order valence-corrected chi connectivity index (χ3v) is 4.41. The molecule has 0 fully saturated rings. The minimum Gasteiger partial charge on any atom is -0.322 e. The van der Waals surface area contributed by atoms with E-state index in [9.17, 15) is 13.2 Å². The molecule has 0 aliphatic rings. The van der Waals surface area contributed by atoms with Crippen molar-refractivity contribution in [2.24, 2.45) is 0 Å². The Labute approximate surface area is 157 Å². The fraction of sp³-hybridized carbons (Fsp3) is 0.167. The summed E-state index contributed by atoms with van der Waals surface area (Å²) in [6, 6.07) is 12.2. The van der Waals surface area contributed by atoms with E-state index in [-0.39, 0.29) is 5.91 Å². The van der Waals surface area contributed by atoms with Crippen LogP contribution >= 0.6 is 0 Å². The van der Waals surface area contributed by atoms with Crippen molar-refractivity contribution in [1.82, 2.24) is 14.8 Å². The number of aromatic nitrogens is 3. The summed E-state index contributed by atoms with van der Waals surface area (Å²) in [6.45, 7) is 2.35. The van der Waals surface area contributed by atoms with Crippen LogP contribution in [0.4, 0.5) is 11.4 Å². The van der Waals surface area contributed by atoms with Gasteiger partial charge in [-0.05, 0) is 42.3 Å². The molecule has 8 nitrogen and oxygen atoms in total. The molecule has 0 atom stereocenters. The molecule has 140 valence electrons. The van der Waals surface area contributed by atoms with Gasteiger partial charge >= 0.3 is 0 Å². The van der Waals surface area contributed by atoms with Crippen LogP contribution in [-0.4, -0.2) is 35.3 Å². The van der Waals surface area contributed by atoms with Crippen LogP contribution in [0, 0.1) is 6.92 Å². The first kappa shape index (κ1) is 18.6. The average molecular weight is 385 g/mol. The summed E-state index contributed by atoms with van der Waals surface area (Å²) in [7, 11) is -3.40. The Morgan fingerprint density at radius 2 is 1.89 bits per heavy atom. The predicted octanol–water partition coefficient (Wildman–Crippen LogP) is 2.26. The second kappa shape index (κ2) is 7.58. The number of rotatable bonds is 6. The number of aryl methyl sites for hydroxylation is 1. The normalized spacial score (nSPS) is 11.2. The van der Waals surface area contributed by atoms with Crippen LogP contribution in [0.2, 0.25) is 0 Å². The number of hydrogen-bond acceptors (Lipinski definition) is 5. The molecule has 0 unspecified atom stereocenters. The van der Waals surface area contributed by atoms with Crippen molar-refractivity contribution in [3.8, 4) is 0 Å². The molecule has 3 aromatic rings. The van der Waals surface area contributed by atoms with E-state index in [1.54, 1.807) is 48.3 Å². The summed E-state index contributed by atoms with van der Waals surface area (Å²) < 4.78 is 27.0. The van der Waals surface area contributed by atoms with Crippen LogP contribution in [-0.2, 0) is 16.6 Å². The fourth-order valence-corrected chi connectivity index (χ4v) is 3.10. The topological polar surface area (TPSA) is 106 Å². The molecule has 0 saturated heterocycles. The summed E-state index contributed by atoms with van der Waals surface area (Å²) in [5.74, 6) is -0.281. The maximum atomic E-state index is 12.4. The molecule has 0 saturated carbocycles. The highest BCUT2D eigenvalue weighted by Gasteiger charge is 2.10. The van der Waals surface area contributed by atoms with E-state index in [4.69, 9.17) is 0 Å². The van der Waals surface area contributed by atoms with Crippen LogP contribution in [0.5, 0.6) is 0 Å². The Hall–Kier alpha value is -3.20. The van der Waals surface area contributed by atoms with Gasteiger partial charge in [-0.3, -0.25) is 9.52 Å². The van der Waals surface area contributed by atoms with Gasteiger partial charge < -0.3 is 5.32 Å². The van der Waals surface area contributed by atoms with Crippen molar-refractivity contribution >= 4 is 27.3 Å². The lowest BCUT2D eigenvalue weighted by atomic mass is 10.1. The van der Waals surface area contributed by atoms with Gasteiger partial charge in [0.2, 0.25) is 10.0 Å². The lowest BCUT2D eigenvalue weighted by Crippen LogP contribution is -2.14. The zero-order valence-corrected chi connectivity index (χ0v) is 15.7. The lowest BCUT2D eigenvalue weighted by Gasteiger charge is -2.11. The molecule has 2 aromatic carbocycles. The first-order valence-electron chi connectivity index (χ1n) is 8.11. The maximum Gasteiger partial charge on any atom is 0.255 e. The molecule has 9 heteroatoms. The summed E-state index contributed by atoms with van der Waals surface area (Å²) in [5.41, 5.74) is 3.18. The van der Waals surface area contributed by atoms with Crippen molar-refractivity contribution in [1.29, 1.82) is 0 Å². The van der Waals surface area contributed by atoms with Crippen molar-refractivity contribution in [2.45, 2.75) is 13.5 Å². The molecule has 1 amide bonds. The standard InChI is InChI=1S/C18H19N5O3S/c1-13-3-8-16(9-17(13)22-27(2,25)26)21-18(24)15-6-4-14(5-7-15)10-23-12-19-11-20-23/h3-9,11-12,22H,10H2,1-2H3,(H,21,24). The Morgan fingerprint density at radius 3 is 2.52 bits per heavy atom. The van der Waals surface area contributed by atoms with E-state index in [2.05, 4.69) is 20.1 Å². The average Bonchev–Trinajstić information content (AvgIpc) is 3.10.